The fourth-order valence-corrected chi connectivity index (χ4v) is 4.46. The largest absolute Gasteiger partial charge is 0.326 e. The molecule has 3 heteroatoms. The van der Waals surface area contributed by atoms with Gasteiger partial charge in [-0.1, -0.05) is 27.7 Å². The van der Waals surface area contributed by atoms with Crippen molar-refractivity contribution in [2.45, 2.75) is 71.8 Å². The maximum Gasteiger partial charge on any atom is 0.0962 e. The molecule has 1 aliphatic carbocycles. The first-order valence-electron chi connectivity index (χ1n) is 7.72. The average Bonchev–Trinajstić information content (AvgIpc) is 2.83. The van der Waals surface area contributed by atoms with Gasteiger partial charge in [-0.15, -0.1) is 11.3 Å². The van der Waals surface area contributed by atoms with Gasteiger partial charge in [0.05, 0.1) is 10.7 Å². The Labute approximate surface area is 121 Å². The van der Waals surface area contributed by atoms with Gasteiger partial charge in [0.15, 0.2) is 0 Å². The van der Waals surface area contributed by atoms with E-state index in [4.69, 9.17) is 10.7 Å². The SMILES string of the molecule is CC(C)c1nc(C2CCC(C(C)C)CC2)sc1CN. The van der Waals surface area contributed by atoms with Crippen molar-refractivity contribution in [3.63, 3.8) is 0 Å². The molecule has 2 rings (SSSR count). The molecular formula is C16H28N2S. The third kappa shape index (κ3) is 3.38. The van der Waals surface area contributed by atoms with Crippen molar-refractivity contribution in [1.82, 2.24) is 4.98 Å². The molecule has 0 unspecified atom stereocenters. The molecule has 1 fully saturated rings. The highest BCUT2D eigenvalue weighted by molar-refractivity contribution is 7.11. The number of aromatic nitrogens is 1. The second-order valence-corrected chi connectivity index (χ2v) is 7.69. The molecule has 0 atom stereocenters. The first-order valence-corrected chi connectivity index (χ1v) is 8.54. The molecule has 1 aliphatic rings. The molecule has 2 nitrogen and oxygen atoms in total. The van der Waals surface area contributed by atoms with E-state index in [0.29, 0.717) is 18.4 Å². The van der Waals surface area contributed by atoms with Crippen molar-refractivity contribution in [3.8, 4) is 0 Å². The number of rotatable bonds is 4. The number of hydrogen-bond acceptors (Lipinski definition) is 3. The molecule has 2 N–H and O–H groups in total. The minimum atomic E-state index is 0.496. The van der Waals surface area contributed by atoms with Crippen LogP contribution in [0.5, 0.6) is 0 Å². The number of nitrogens with zero attached hydrogens (tertiary/aromatic N) is 1. The highest BCUT2D eigenvalue weighted by Gasteiger charge is 2.27. The van der Waals surface area contributed by atoms with Gasteiger partial charge in [0.1, 0.15) is 0 Å². The van der Waals surface area contributed by atoms with E-state index in [0.717, 1.165) is 11.8 Å². The first-order chi connectivity index (χ1) is 9.02. The lowest BCUT2D eigenvalue weighted by Gasteiger charge is -2.29. The molecule has 1 heterocycles. The van der Waals surface area contributed by atoms with E-state index >= 15 is 0 Å². The summed E-state index contributed by atoms with van der Waals surface area (Å²) in [5.41, 5.74) is 7.11. The van der Waals surface area contributed by atoms with Crippen LogP contribution >= 0.6 is 11.3 Å². The summed E-state index contributed by atoms with van der Waals surface area (Å²) in [6.45, 7) is 9.80. The number of nitrogens with two attached hydrogens (primary N) is 1. The lowest BCUT2D eigenvalue weighted by atomic mass is 9.77. The Kier molecular flexibility index (Phi) is 5.02. The Bertz CT molecular complexity index is 401. The molecule has 1 aromatic rings. The second-order valence-electron chi connectivity index (χ2n) is 6.58. The Hall–Kier alpha value is -0.410. The molecule has 19 heavy (non-hydrogen) atoms. The van der Waals surface area contributed by atoms with E-state index in [1.807, 2.05) is 11.3 Å². The smallest absolute Gasteiger partial charge is 0.0962 e. The average molecular weight is 280 g/mol. The van der Waals surface area contributed by atoms with Crippen LogP contribution in [0.2, 0.25) is 0 Å². The summed E-state index contributed by atoms with van der Waals surface area (Å²) in [6.07, 6.45) is 5.38. The summed E-state index contributed by atoms with van der Waals surface area (Å²) in [4.78, 5) is 6.21. The van der Waals surface area contributed by atoms with Crippen molar-refractivity contribution in [3.05, 3.63) is 15.6 Å². The summed E-state index contributed by atoms with van der Waals surface area (Å²) in [5, 5.41) is 1.35. The lowest BCUT2D eigenvalue weighted by Crippen LogP contribution is -2.17. The zero-order valence-corrected chi connectivity index (χ0v) is 13.6. The normalized spacial score (nSPS) is 24.4. The van der Waals surface area contributed by atoms with Gasteiger partial charge in [0.25, 0.3) is 0 Å². The molecule has 0 saturated heterocycles. The van der Waals surface area contributed by atoms with Crippen LogP contribution in [0.15, 0.2) is 0 Å². The van der Waals surface area contributed by atoms with Gasteiger partial charge in [0, 0.05) is 17.3 Å². The van der Waals surface area contributed by atoms with Crippen LogP contribution in [-0.2, 0) is 6.54 Å². The molecule has 0 bridgehead atoms. The minimum Gasteiger partial charge on any atom is -0.326 e. The number of thiazole rings is 1. The molecule has 1 saturated carbocycles. The standard InChI is InChI=1S/C16H28N2S/c1-10(2)12-5-7-13(8-6-12)16-18-15(11(3)4)14(9-17)19-16/h10-13H,5-9,17H2,1-4H3. The first kappa shape index (κ1) is 15.0. The summed E-state index contributed by atoms with van der Waals surface area (Å²) in [6, 6.07) is 0. The molecule has 0 radical (unpaired) electrons. The quantitative estimate of drug-likeness (QED) is 0.871. The molecular weight excluding hydrogens is 252 g/mol. The van der Waals surface area contributed by atoms with Crippen molar-refractivity contribution in [1.29, 1.82) is 0 Å². The van der Waals surface area contributed by atoms with Crippen molar-refractivity contribution in [2.24, 2.45) is 17.6 Å². The zero-order chi connectivity index (χ0) is 14.0. The number of hydrogen-bond donors (Lipinski definition) is 1. The predicted molar refractivity (Wildman–Crippen MR) is 83.6 cm³/mol. The van der Waals surface area contributed by atoms with E-state index in [1.54, 1.807) is 0 Å². The van der Waals surface area contributed by atoms with Crippen LogP contribution in [0.3, 0.4) is 0 Å². The van der Waals surface area contributed by atoms with Gasteiger partial charge < -0.3 is 5.73 Å². The molecule has 1 aromatic heterocycles. The van der Waals surface area contributed by atoms with Gasteiger partial charge in [-0.2, -0.15) is 0 Å². The van der Waals surface area contributed by atoms with E-state index in [1.165, 1.54) is 41.3 Å². The van der Waals surface area contributed by atoms with Crippen LogP contribution in [-0.4, -0.2) is 4.98 Å². The Balaban J connectivity index is 2.07. The minimum absolute atomic E-state index is 0.496. The zero-order valence-electron chi connectivity index (χ0n) is 12.8. The molecule has 0 amide bonds. The van der Waals surface area contributed by atoms with Crippen molar-refractivity contribution >= 4 is 11.3 Å². The van der Waals surface area contributed by atoms with Crippen molar-refractivity contribution in [2.75, 3.05) is 0 Å². The highest BCUT2D eigenvalue weighted by Crippen LogP contribution is 2.41. The lowest BCUT2D eigenvalue weighted by molar-refractivity contribution is 0.258. The van der Waals surface area contributed by atoms with Gasteiger partial charge in [-0.05, 0) is 43.4 Å². The summed E-state index contributed by atoms with van der Waals surface area (Å²) >= 11 is 1.87. The summed E-state index contributed by atoms with van der Waals surface area (Å²) in [5.74, 6) is 2.95. The maximum absolute atomic E-state index is 5.86. The monoisotopic (exact) mass is 280 g/mol. The summed E-state index contributed by atoms with van der Waals surface area (Å²) in [7, 11) is 0. The van der Waals surface area contributed by atoms with E-state index in [9.17, 15) is 0 Å². The van der Waals surface area contributed by atoms with Crippen LogP contribution < -0.4 is 5.73 Å². The molecule has 0 aliphatic heterocycles. The fourth-order valence-electron chi connectivity index (χ4n) is 3.19. The topological polar surface area (TPSA) is 38.9 Å². The third-order valence-electron chi connectivity index (χ3n) is 4.54. The Morgan fingerprint density at radius 2 is 1.79 bits per heavy atom. The Morgan fingerprint density at radius 1 is 1.16 bits per heavy atom. The molecule has 0 aromatic carbocycles. The van der Waals surface area contributed by atoms with Gasteiger partial charge >= 0.3 is 0 Å². The molecule has 0 spiro atoms. The van der Waals surface area contributed by atoms with Crippen LogP contribution in [0, 0.1) is 11.8 Å². The summed E-state index contributed by atoms with van der Waals surface area (Å²) < 4.78 is 0. The van der Waals surface area contributed by atoms with Crippen LogP contribution in [0.1, 0.15) is 80.8 Å². The van der Waals surface area contributed by atoms with Crippen LogP contribution in [0.25, 0.3) is 0 Å². The van der Waals surface area contributed by atoms with Crippen molar-refractivity contribution < 1.29 is 0 Å². The van der Waals surface area contributed by atoms with E-state index in [-0.39, 0.29) is 0 Å². The van der Waals surface area contributed by atoms with E-state index < -0.39 is 0 Å². The van der Waals surface area contributed by atoms with Gasteiger partial charge in [-0.3, -0.25) is 0 Å². The van der Waals surface area contributed by atoms with Gasteiger partial charge in [-0.25, -0.2) is 4.98 Å². The highest BCUT2D eigenvalue weighted by atomic mass is 32.1. The fraction of sp³-hybridized carbons (Fsp3) is 0.812. The predicted octanol–water partition coefficient (Wildman–Crippen LogP) is 4.66. The van der Waals surface area contributed by atoms with Gasteiger partial charge in [0.2, 0.25) is 0 Å². The molecule has 108 valence electrons. The second kappa shape index (κ2) is 6.36. The Morgan fingerprint density at radius 3 is 2.21 bits per heavy atom. The maximum atomic E-state index is 5.86. The third-order valence-corrected chi connectivity index (χ3v) is 5.80. The van der Waals surface area contributed by atoms with E-state index in [2.05, 4.69) is 27.7 Å². The van der Waals surface area contributed by atoms with Crippen LogP contribution in [0.4, 0.5) is 0 Å².